The summed E-state index contributed by atoms with van der Waals surface area (Å²) in [6.45, 7) is 2.38. The van der Waals surface area contributed by atoms with Gasteiger partial charge in [-0.1, -0.05) is 15.9 Å². The Morgan fingerprint density at radius 3 is 2.40 bits per heavy atom. The second-order valence-electron chi connectivity index (χ2n) is 3.06. The molecule has 0 bridgehead atoms. The molecule has 0 aromatic carbocycles. The van der Waals surface area contributed by atoms with Crippen molar-refractivity contribution < 1.29 is 17.8 Å². The summed E-state index contributed by atoms with van der Waals surface area (Å²) in [7, 11) is 0. The van der Waals surface area contributed by atoms with Gasteiger partial charge in [0.2, 0.25) is 0 Å². The Kier molecular flexibility index (Phi) is 6.95. The number of rotatable bonds is 7. The fraction of sp³-hybridized carbons (Fsp3) is 1.00. The highest BCUT2D eigenvalue weighted by molar-refractivity contribution is 9.09. The molecular weight excluding hydrogens is 311 g/mol. The molecule has 0 aromatic heterocycles. The molecule has 0 amide bonds. The molecule has 1 atom stereocenters. The van der Waals surface area contributed by atoms with E-state index in [1.165, 1.54) is 0 Å². The third-order valence-electron chi connectivity index (χ3n) is 1.12. The Bertz CT molecular complexity index is 243. The molecule has 0 aromatic rings. The Morgan fingerprint density at radius 2 is 2.07 bits per heavy atom. The number of alkyl halides is 3. The summed E-state index contributed by atoms with van der Waals surface area (Å²) in [6.07, 6.45) is -3.31. The van der Waals surface area contributed by atoms with Crippen LogP contribution in [0.2, 0.25) is 0 Å². The van der Waals surface area contributed by atoms with Gasteiger partial charge in [-0.3, -0.25) is 4.52 Å². The van der Waals surface area contributed by atoms with Gasteiger partial charge in [-0.05, 0) is 32.6 Å². The van der Waals surface area contributed by atoms with Gasteiger partial charge in [0, 0.05) is 6.04 Å². The van der Waals surface area contributed by atoms with Gasteiger partial charge in [0.05, 0.1) is 11.9 Å². The van der Waals surface area contributed by atoms with Crippen LogP contribution < -0.4 is 5.09 Å². The van der Waals surface area contributed by atoms with E-state index in [0.29, 0.717) is 0 Å². The van der Waals surface area contributed by atoms with E-state index in [2.05, 4.69) is 25.5 Å². The molecular formula is C7H15BrF2NO2PS. The van der Waals surface area contributed by atoms with Crippen LogP contribution >= 0.6 is 22.6 Å². The Morgan fingerprint density at radius 1 is 1.53 bits per heavy atom. The van der Waals surface area contributed by atoms with Crippen molar-refractivity contribution in [2.75, 3.05) is 11.9 Å². The van der Waals surface area contributed by atoms with Crippen molar-refractivity contribution in [1.82, 2.24) is 5.09 Å². The number of nitrogens with one attached hydrogen (secondary N) is 1. The molecule has 0 aliphatic rings. The molecule has 15 heavy (non-hydrogen) atoms. The minimum atomic E-state index is -3.31. The molecule has 0 heterocycles. The van der Waals surface area contributed by atoms with Gasteiger partial charge in [0.15, 0.2) is 0 Å². The molecule has 1 unspecified atom stereocenters. The topological polar surface area (TPSA) is 30.5 Å². The fourth-order valence-electron chi connectivity index (χ4n) is 0.776. The second kappa shape index (κ2) is 6.57. The third-order valence-corrected chi connectivity index (χ3v) is 4.57. The fourth-order valence-corrected chi connectivity index (χ4v) is 3.91. The Hall–Kier alpha value is 0.870. The first-order valence-corrected chi connectivity index (χ1v) is 8.17. The zero-order valence-corrected chi connectivity index (χ0v) is 12.1. The standard InChI is InChI=1S/C7H15BrF2NO2PS/c1-4-12-14(15,11-6(2)3)13-7(9,10)5-8/h6H,4-5H2,1-3H3,(H,11,15). The van der Waals surface area contributed by atoms with Crippen LogP contribution in [0.3, 0.4) is 0 Å². The monoisotopic (exact) mass is 325 g/mol. The van der Waals surface area contributed by atoms with Gasteiger partial charge < -0.3 is 4.52 Å². The highest BCUT2D eigenvalue weighted by Crippen LogP contribution is 2.49. The average molecular weight is 326 g/mol. The van der Waals surface area contributed by atoms with Gasteiger partial charge in [0.25, 0.3) is 6.64 Å². The summed E-state index contributed by atoms with van der Waals surface area (Å²) in [4.78, 5) is 0. The van der Waals surface area contributed by atoms with E-state index >= 15 is 0 Å². The van der Waals surface area contributed by atoms with Crippen LogP contribution in [-0.2, 0) is 20.9 Å². The van der Waals surface area contributed by atoms with Crippen molar-refractivity contribution in [3.63, 3.8) is 0 Å². The zero-order chi connectivity index (χ0) is 12.1. The second-order valence-corrected chi connectivity index (χ2v) is 6.76. The third kappa shape index (κ3) is 6.92. The predicted octanol–water partition coefficient (Wildman–Crippen LogP) is 3.25. The Balaban J connectivity index is 4.58. The van der Waals surface area contributed by atoms with E-state index < -0.39 is 18.1 Å². The van der Waals surface area contributed by atoms with E-state index in [4.69, 9.17) is 16.3 Å². The summed E-state index contributed by atoms with van der Waals surface area (Å²) in [5.41, 5.74) is 0. The van der Waals surface area contributed by atoms with Crippen molar-refractivity contribution in [2.24, 2.45) is 0 Å². The molecule has 0 saturated carbocycles. The van der Waals surface area contributed by atoms with Crippen LogP contribution in [0.15, 0.2) is 0 Å². The van der Waals surface area contributed by atoms with E-state index in [1.54, 1.807) is 20.8 Å². The van der Waals surface area contributed by atoms with Crippen LogP contribution in [0.1, 0.15) is 20.8 Å². The maximum Gasteiger partial charge on any atom is 0.371 e. The van der Waals surface area contributed by atoms with Crippen LogP contribution in [0, 0.1) is 0 Å². The zero-order valence-electron chi connectivity index (χ0n) is 8.80. The predicted molar refractivity (Wildman–Crippen MR) is 64.0 cm³/mol. The molecule has 92 valence electrons. The van der Waals surface area contributed by atoms with Crippen LogP contribution in [-0.4, -0.2) is 24.1 Å². The first-order valence-electron chi connectivity index (χ1n) is 4.41. The van der Waals surface area contributed by atoms with Crippen molar-refractivity contribution in [2.45, 2.75) is 32.9 Å². The van der Waals surface area contributed by atoms with Crippen molar-refractivity contribution in [3.8, 4) is 0 Å². The lowest BCUT2D eigenvalue weighted by Gasteiger charge is -2.27. The van der Waals surface area contributed by atoms with E-state index in [1.807, 2.05) is 0 Å². The molecule has 0 aliphatic heterocycles. The highest BCUT2D eigenvalue weighted by atomic mass is 79.9. The van der Waals surface area contributed by atoms with Gasteiger partial charge in [-0.15, -0.1) is 0 Å². The maximum atomic E-state index is 13.0. The summed E-state index contributed by atoms with van der Waals surface area (Å²) < 4.78 is 35.6. The van der Waals surface area contributed by atoms with Gasteiger partial charge >= 0.3 is 6.11 Å². The first kappa shape index (κ1) is 15.9. The smallest absolute Gasteiger partial charge is 0.318 e. The number of hydrogen-bond acceptors (Lipinski definition) is 3. The minimum absolute atomic E-state index is 0.0755. The summed E-state index contributed by atoms with van der Waals surface area (Å²) in [5.74, 6) is 0. The van der Waals surface area contributed by atoms with Crippen molar-refractivity contribution >= 4 is 34.4 Å². The van der Waals surface area contributed by atoms with Gasteiger partial charge in [-0.25, -0.2) is 5.09 Å². The number of hydrogen-bond donors (Lipinski definition) is 1. The van der Waals surface area contributed by atoms with Crippen LogP contribution in [0.4, 0.5) is 8.78 Å². The lowest BCUT2D eigenvalue weighted by molar-refractivity contribution is -0.155. The maximum absolute atomic E-state index is 13.0. The Labute approximate surface area is 102 Å². The molecule has 1 N–H and O–H groups in total. The lowest BCUT2D eigenvalue weighted by atomic mass is 10.4. The quantitative estimate of drug-likeness (QED) is 0.575. The normalized spacial score (nSPS) is 16.7. The lowest BCUT2D eigenvalue weighted by Crippen LogP contribution is -2.29. The van der Waals surface area contributed by atoms with Crippen LogP contribution in [0.5, 0.6) is 0 Å². The molecule has 0 fully saturated rings. The van der Waals surface area contributed by atoms with E-state index in [-0.39, 0.29) is 12.6 Å². The van der Waals surface area contributed by atoms with Gasteiger partial charge in [0.1, 0.15) is 0 Å². The minimum Gasteiger partial charge on any atom is -0.318 e. The molecule has 0 aliphatic carbocycles. The largest absolute Gasteiger partial charge is 0.371 e. The molecule has 3 nitrogen and oxygen atoms in total. The van der Waals surface area contributed by atoms with Gasteiger partial charge in [-0.2, -0.15) is 8.78 Å². The molecule has 0 rings (SSSR count). The summed E-state index contributed by atoms with van der Waals surface area (Å²) >= 11 is 7.60. The SMILES string of the molecule is CCOP(=S)(NC(C)C)OC(F)(F)CBr. The van der Waals surface area contributed by atoms with Crippen molar-refractivity contribution in [3.05, 3.63) is 0 Å². The van der Waals surface area contributed by atoms with Crippen molar-refractivity contribution in [1.29, 1.82) is 0 Å². The number of halogens is 3. The van der Waals surface area contributed by atoms with E-state index in [0.717, 1.165) is 0 Å². The average Bonchev–Trinajstić information content (AvgIpc) is 2.01. The molecule has 0 radical (unpaired) electrons. The van der Waals surface area contributed by atoms with E-state index in [9.17, 15) is 8.78 Å². The molecule has 0 saturated heterocycles. The molecule has 8 heteroatoms. The summed E-state index contributed by atoms with van der Waals surface area (Å²) in [5, 5.41) is 2.12. The first-order chi connectivity index (χ1) is 6.74. The summed E-state index contributed by atoms with van der Waals surface area (Å²) in [6, 6.07) is -0.0755. The van der Waals surface area contributed by atoms with Crippen LogP contribution in [0.25, 0.3) is 0 Å². The highest BCUT2D eigenvalue weighted by Gasteiger charge is 2.37. The molecule has 0 spiro atoms.